The maximum absolute atomic E-state index is 13.0. The third-order valence-corrected chi connectivity index (χ3v) is 4.58. The van der Waals surface area contributed by atoms with Crippen LogP contribution in [0.4, 0.5) is 0 Å². The van der Waals surface area contributed by atoms with Crippen molar-refractivity contribution >= 4 is 11.6 Å². The molecule has 4 rings (SSSR count). The van der Waals surface area contributed by atoms with Gasteiger partial charge in [-0.3, -0.25) is 4.79 Å². The Bertz CT molecular complexity index is 909. The number of aryl methyl sites for hydroxylation is 1. The van der Waals surface area contributed by atoms with Gasteiger partial charge in [-0.25, -0.2) is 15.0 Å². The van der Waals surface area contributed by atoms with Crippen molar-refractivity contribution in [1.82, 2.24) is 24.3 Å². The molecule has 0 aliphatic carbocycles. The standard InChI is InChI=1S/C19H21N5O2/c1-14-2-3-18-22-17(11-24(18)9-14)19(25)23-6-7-26-12-15(10-23)8-16-4-5-20-13-21-16/h2-5,9,11,13,15H,6-8,10,12H2,1H3. The zero-order valence-electron chi connectivity index (χ0n) is 14.7. The first-order valence-corrected chi connectivity index (χ1v) is 8.76. The highest BCUT2D eigenvalue weighted by molar-refractivity contribution is 5.93. The normalized spacial score (nSPS) is 18.0. The molecule has 26 heavy (non-hydrogen) atoms. The zero-order chi connectivity index (χ0) is 17.9. The molecule has 1 fully saturated rings. The lowest BCUT2D eigenvalue weighted by Gasteiger charge is -2.22. The minimum Gasteiger partial charge on any atom is -0.379 e. The summed E-state index contributed by atoms with van der Waals surface area (Å²) in [6.07, 6.45) is 7.82. The van der Waals surface area contributed by atoms with Gasteiger partial charge in [0.25, 0.3) is 5.91 Å². The van der Waals surface area contributed by atoms with Crippen molar-refractivity contribution in [2.45, 2.75) is 13.3 Å². The van der Waals surface area contributed by atoms with E-state index in [0.29, 0.717) is 32.0 Å². The summed E-state index contributed by atoms with van der Waals surface area (Å²) in [6.45, 7) is 4.39. The third-order valence-electron chi connectivity index (χ3n) is 4.58. The summed E-state index contributed by atoms with van der Waals surface area (Å²) in [6, 6.07) is 5.82. The average Bonchev–Trinajstić information content (AvgIpc) is 2.93. The van der Waals surface area contributed by atoms with E-state index in [1.165, 1.54) is 0 Å². The van der Waals surface area contributed by atoms with E-state index < -0.39 is 0 Å². The fraction of sp³-hybridized carbons (Fsp3) is 0.368. The molecule has 7 nitrogen and oxygen atoms in total. The molecule has 3 aromatic rings. The van der Waals surface area contributed by atoms with Gasteiger partial charge in [0.1, 0.15) is 17.7 Å². The lowest BCUT2D eigenvalue weighted by molar-refractivity contribution is 0.0732. The first-order valence-electron chi connectivity index (χ1n) is 8.76. The lowest BCUT2D eigenvalue weighted by atomic mass is 10.0. The van der Waals surface area contributed by atoms with Gasteiger partial charge in [-0.2, -0.15) is 0 Å². The molecule has 7 heteroatoms. The van der Waals surface area contributed by atoms with Crippen LogP contribution in [-0.4, -0.2) is 56.5 Å². The second-order valence-electron chi connectivity index (χ2n) is 6.70. The van der Waals surface area contributed by atoms with Crippen LogP contribution in [0.5, 0.6) is 0 Å². The Kier molecular flexibility index (Phi) is 4.62. The molecule has 1 aliphatic rings. The van der Waals surface area contributed by atoms with E-state index in [1.807, 2.05) is 40.6 Å². The summed E-state index contributed by atoms with van der Waals surface area (Å²) in [5.41, 5.74) is 3.34. The van der Waals surface area contributed by atoms with Gasteiger partial charge in [-0.15, -0.1) is 0 Å². The van der Waals surface area contributed by atoms with Crippen molar-refractivity contribution in [3.63, 3.8) is 0 Å². The number of carbonyl (C=O) groups excluding carboxylic acids is 1. The topological polar surface area (TPSA) is 72.6 Å². The largest absolute Gasteiger partial charge is 0.379 e. The van der Waals surface area contributed by atoms with E-state index in [4.69, 9.17) is 4.74 Å². The number of ether oxygens (including phenoxy) is 1. The second kappa shape index (κ2) is 7.21. The molecule has 0 saturated carbocycles. The lowest BCUT2D eigenvalue weighted by Crippen LogP contribution is -2.36. The Morgan fingerprint density at radius 2 is 2.23 bits per heavy atom. The molecule has 1 amide bonds. The van der Waals surface area contributed by atoms with Crippen LogP contribution in [0.2, 0.25) is 0 Å². The molecule has 0 N–H and O–H groups in total. The Morgan fingerprint density at radius 1 is 1.31 bits per heavy atom. The van der Waals surface area contributed by atoms with Crippen molar-refractivity contribution < 1.29 is 9.53 Å². The Hall–Kier alpha value is -2.80. The van der Waals surface area contributed by atoms with Gasteiger partial charge in [0.05, 0.1) is 13.2 Å². The van der Waals surface area contributed by atoms with Crippen LogP contribution in [0.15, 0.2) is 43.1 Å². The third kappa shape index (κ3) is 3.57. The average molecular weight is 351 g/mol. The maximum atomic E-state index is 13.0. The monoisotopic (exact) mass is 351 g/mol. The van der Waals surface area contributed by atoms with Gasteiger partial charge >= 0.3 is 0 Å². The number of rotatable bonds is 3. The molecule has 0 spiro atoms. The van der Waals surface area contributed by atoms with E-state index in [-0.39, 0.29) is 11.8 Å². The van der Waals surface area contributed by atoms with E-state index in [0.717, 1.165) is 23.3 Å². The van der Waals surface area contributed by atoms with Crippen molar-refractivity contribution in [3.8, 4) is 0 Å². The predicted octanol–water partition coefficient (Wildman–Crippen LogP) is 1.76. The van der Waals surface area contributed by atoms with Crippen LogP contribution < -0.4 is 0 Å². The zero-order valence-corrected chi connectivity index (χ0v) is 14.7. The van der Waals surface area contributed by atoms with Gasteiger partial charge in [-0.1, -0.05) is 6.07 Å². The van der Waals surface area contributed by atoms with E-state index >= 15 is 0 Å². The number of amides is 1. The first kappa shape index (κ1) is 16.7. The van der Waals surface area contributed by atoms with Crippen LogP contribution >= 0.6 is 0 Å². The summed E-state index contributed by atoms with van der Waals surface area (Å²) < 4.78 is 7.61. The molecule has 1 unspecified atom stereocenters. The Morgan fingerprint density at radius 3 is 3.08 bits per heavy atom. The second-order valence-corrected chi connectivity index (χ2v) is 6.70. The summed E-state index contributed by atoms with van der Waals surface area (Å²) in [7, 11) is 0. The Labute approximate surface area is 151 Å². The fourth-order valence-corrected chi connectivity index (χ4v) is 3.29. The molecule has 1 atom stereocenters. The minimum absolute atomic E-state index is 0.0514. The van der Waals surface area contributed by atoms with Crippen molar-refractivity contribution in [2.24, 2.45) is 5.92 Å². The molecule has 0 radical (unpaired) electrons. The van der Waals surface area contributed by atoms with Crippen molar-refractivity contribution in [3.05, 3.63) is 60.1 Å². The SMILES string of the molecule is Cc1ccc2nc(C(=O)N3CCOCC(Cc4ccncn4)C3)cn2c1. The summed E-state index contributed by atoms with van der Waals surface area (Å²) in [5, 5.41) is 0. The quantitative estimate of drug-likeness (QED) is 0.719. The van der Waals surface area contributed by atoms with Crippen molar-refractivity contribution in [1.29, 1.82) is 0 Å². The molecule has 3 aromatic heterocycles. The minimum atomic E-state index is -0.0514. The van der Waals surface area contributed by atoms with Gasteiger partial charge in [-0.05, 0) is 31.0 Å². The number of hydrogen-bond acceptors (Lipinski definition) is 5. The maximum Gasteiger partial charge on any atom is 0.274 e. The fourth-order valence-electron chi connectivity index (χ4n) is 3.29. The predicted molar refractivity (Wildman–Crippen MR) is 95.9 cm³/mol. The number of fused-ring (bicyclic) bond motifs is 1. The van der Waals surface area contributed by atoms with Gasteiger partial charge in [0, 0.05) is 43.3 Å². The number of nitrogens with zero attached hydrogens (tertiary/aromatic N) is 5. The van der Waals surface area contributed by atoms with E-state index in [1.54, 1.807) is 18.7 Å². The number of imidazole rings is 1. The molecule has 0 bridgehead atoms. The van der Waals surface area contributed by atoms with Gasteiger partial charge in [0.15, 0.2) is 0 Å². The van der Waals surface area contributed by atoms with Gasteiger partial charge < -0.3 is 14.0 Å². The van der Waals surface area contributed by atoms with E-state index in [9.17, 15) is 4.79 Å². The first-order chi connectivity index (χ1) is 12.7. The highest BCUT2D eigenvalue weighted by Crippen LogP contribution is 2.15. The van der Waals surface area contributed by atoms with Crippen LogP contribution in [0.25, 0.3) is 5.65 Å². The summed E-state index contributed by atoms with van der Waals surface area (Å²) in [5.74, 6) is 0.153. The molecule has 134 valence electrons. The number of hydrogen-bond donors (Lipinski definition) is 0. The Balaban J connectivity index is 1.51. The number of carbonyl (C=O) groups is 1. The highest BCUT2D eigenvalue weighted by Gasteiger charge is 2.25. The van der Waals surface area contributed by atoms with Crippen LogP contribution in [0, 0.1) is 12.8 Å². The smallest absolute Gasteiger partial charge is 0.274 e. The van der Waals surface area contributed by atoms with Crippen LogP contribution in [-0.2, 0) is 11.2 Å². The highest BCUT2D eigenvalue weighted by atomic mass is 16.5. The molecule has 1 saturated heterocycles. The molecular weight excluding hydrogens is 330 g/mol. The van der Waals surface area contributed by atoms with Crippen LogP contribution in [0.1, 0.15) is 21.7 Å². The van der Waals surface area contributed by atoms with E-state index in [2.05, 4.69) is 15.0 Å². The van der Waals surface area contributed by atoms with Crippen LogP contribution in [0.3, 0.4) is 0 Å². The molecular formula is C19H21N5O2. The summed E-state index contributed by atoms with van der Waals surface area (Å²) >= 11 is 0. The van der Waals surface area contributed by atoms with Crippen molar-refractivity contribution in [2.75, 3.05) is 26.3 Å². The number of pyridine rings is 1. The number of aromatic nitrogens is 4. The summed E-state index contributed by atoms with van der Waals surface area (Å²) in [4.78, 5) is 27.5. The molecule has 4 heterocycles. The van der Waals surface area contributed by atoms with Gasteiger partial charge in [0.2, 0.25) is 0 Å². The molecule has 0 aromatic carbocycles. The molecule has 1 aliphatic heterocycles.